The maximum absolute atomic E-state index is 13.6. The number of carbonyl (C=O) groups is 2. The Kier molecular flexibility index (Phi) is 5.86. The quantitative estimate of drug-likeness (QED) is 0.779. The van der Waals surface area contributed by atoms with Gasteiger partial charge in [0.15, 0.2) is 0 Å². The molecule has 1 amide bonds. The standard InChI is InChI=1S/C13H17FN2O5S/c1-3-16(7-6-12(17)18)13(19)9-4-5-10(14)11(8-9)15-22(2,20)21/h4-5,8,15H,3,6-7H2,1-2H3,(H,17,18). The molecule has 2 N–H and O–H groups in total. The molecule has 0 heterocycles. The second-order valence-electron chi connectivity index (χ2n) is 4.60. The molecule has 1 rings (SSSR count). The lowest BCUT2D eigenvalue weighted by Gasteiger charge is -2.20. The largest absolute Gasteiger partial charge is 0.481 e. The van der Waals surface area contributed by atoms with Gasteiger partial charge in [-0.05, 0) is 25.1 Å². The van der Waals surface area contributed by atoms with Gasteiger partial charge in [0.05, 0.1) is 18.4 Å². The Morgan fingerprint density at radius 3 is 2.50 bits per heavy atom. The highest BCUT2D eigenvalue weighted by Crippen LogP contribution is 2.18. The SMILES string of the molecule is CCN(CCC(=O)O)C(=O)c1ccc(F)c(NS(C)(=O)=O)c1. The maximum Gasteiger partial charge on any atom is 0.305 e. The Morgan fingerprint density at radius 1 is 1.36 bits per heavy atom. The molecule has 0 saturated carbocycles. The molecular weight excluding hydrogens is 315 g/mol. The summed E-state index contributed by atoms with van der Waals surface area (Å²) in [4.78, 5) is 24.1. The molecule has 0 bridgehead atoms. The number of nitrogens with one attached hydrogen (secondary N) is 1. The zero-order valence-electron chi connectivity index (χ0n) is 12.2. The summed E-state index contributed by atoms with van der Waals surface area (Å²) in [5, 5.41) is 8.65. The van der Waals surface area contributed by atoms with Gasteiger partial charge in [-0.25, -0.2) is 12.8 Å². The average molecular weight is 332 g/mol. The van der Waals surface area contributed by atoms with E-state index < -0.39 is 27.7 Å². The van der Waals surface area contributed by atoms with Crippen molar-refractivity contribution in [3.8, 4) is 0 Å². The van der Waals surface area contributed by atoms with Crippen LogP contribution in [0.25, 0.3) is 0 Å². The van der Waals surface area contributed by atoms with Gasteiger partial charge in [-0.15, -0.1) is 0 Å². The van der Waals surface area contributed by atoms with E-state index >= 15 is 0 Å². The molecule has 1 aromatic rings. The summed E-state index contributed by atoms with van der Waals surface area (Å²) < 4.78 is 37.9. The summed E-state index contributed by atoms with van der Waals surface area (Å²) >= 11 is 0. The molecule has 7 nitrogen and oxygen atoms in total. The molecule has 0 atom stereocenters. The zero-order chi connectivity index (χ0) is 16.9. The zero-order valence-corrected chi connectivity index (χ0v) is 13.0. The molecule has 0 aromatic heterocycles. The van der Waals surface area contributed by atoms with E-state index in [9.17, 15) is 22.4 Å². The molecule has 0 aliphatic heterocycles. The number of carbonyl (C=O) groups excluding carboxylic acids is 1. The molecule has 0 aliphatic carbocycles. The van der Waals surface area contributed by atoms with Crippen LogP contribution in [0.1, 0.15) is 23.7 Å². The van der Waals surface area contributed by atoms with Crippen LogP contribution in [0.3, 0.4) is 0 Å². The van der Waals surface area contributed by atoms with E-state index in [0.29, 0.717) is 0 Å². The number of benzene rings is 1. The molecule has 0 aliphatic rings. The van der Waals surface area contributed by atoms with Gasteiger partial charge in [-0.3, -0.25) is 14.3 Å². The Balaban J connectivity index is 3.02. The Labute approximate surface area is 127 Å². The van der Waals surface area contributed by atoms with Crippen LogP contribution in [0, 0.1) is 5.82 Å². The number of sulfonamides is 1. The normalized spacial score (nSPS) is 11.0. The number of anilines is 1. The van der Waals surface area contributed by atoms with Gasteiger partial charge in [0, 0.05) is 18.7 Å². The van der Waals surface area contributed by atoms with Crippen molar-refractivity contribution >= 4 is 27.6 Å². The van der Waals surface area contributed by atoms with Crippen molar-refractivity contribution in [3.63, 3.8) is 0 Å². The fourth-order valence-electron chi connectivity index (χ4n) is 1.75. The van der Waals surface area contributed by atoms with Crippen molar-refractivity contribution in [2.75, 3.05) is 24.1 Å². The summed E-state index contributed by atoms with van der Waals surface area (Å²) in [6, 6.07) is 3.28. The summed E-state index contributed by atoms with van der Waals surface area (Å²) in [6.07, 6.45) is 0.654. The predicted molar refractivity (Wildman–Crippen MR) is 78.7 cm³/mol. The van der Waals surface area contributed by atoms with Gasteiger partial charge >= 0.3 is 5.97 Å². The van der Waals surface area contributed by atoms with E-state index in [1.165, 1.54) is 11.0 Å². The number of aliphatic carboxylic acids is 1. The van der Waals surface area contributed by atoms with Crippen molar-refractivity contribution in [2.24, 2.45) is 0 Å². The molecule has 0 fully saturated rings. The highest BCUT2D eigenvalue weighted by Gasteiger charge is 2.17. The van der Waals surface area contributed by atoms with Gasteiger partial charge in [-0.2, -0.15) is 0 Å². The smallest absolute Gasteiger partial charge is 0.305 e. The number of rotatable bonds is 7. The fraction of sp³-hybridized carbons (Fsp3) is 0.385. The maximum atomic E-state index is 13.6. The summed E-state index contributed by atoms with van der Waals surface area (Å²) in [7, 11) is -3.68. The summed E-state index contributed by atoms with van der Waals surface area (Å²) in [5.74, 6) is -2.35. The lowest BCUT2D eigenvalue weighted by atomic mass is 10.1. The number of carboxylic acid groups (broad SMARTS) is 1. The lowest BCUT2D eigenvalue weighted by Crippen LogP contribution is -2.33. The van der Waals surface area contributed by atoms with Crippen LogP contribution < -0.4 is 4.72 Å². The van der Waals surface area contributed by atoms with Crippen LogP contribution in [-0.2, 0) is 14.8 Å². The van der Waals surface area contributed by atoms with Gasteiger partial charge < -0.3 is 10.0 Å². The summed E-state index contributed by atoms with van der Waals surface area (Å²) in [5.41, 5.74) is -0.262. The first kappa shape index (κ1) is 17.9. The molecule has 122 valence electrons. The first-order chi connectivity index (χ1) is 10.1. The minimum Gasteiger partial charge on any atom is -0.481 e. The monoisotopic (exact) mass is 332 g/mol. The highest BCUT2D eigenvalue weighted by atomic mass is 32.2. The number of carboxylic acids is 1. The van der Waals surface area contributed by atoms with Crippen molar-refractivity contribution in [1.29, 1.82) is 0 Å². The van der Waals surface area contributed by atoms with E-state index in [0.717, 1.165) is 18.4 Å². The second kappa shape index (κ2) is 7.21. The Hall–Kier alpha value is -2.16. The number of nitrogens with zero attached hydrogens (tertiary/aromatic N) is 1. The summed E-state index contributed by atoms with van der Waals surface area (Å²) in [6.45, 7) is 1.97. The van der Waals surface area contributed by atoms with Crippen molar-refractivity contribution in [3.05, 3.63) is 29.6 Å². The molecule has 0 saturated heterocycles. The van der Waals surface area contributed by atoms with Crippen LogP contribution in [-0.4, -0.2) is 49.6 Å². The van der Waals surface area contributed by atoms with Crippen LogP contribution in [0.4, 0.5) is 10.1 Å². The molecule has 0 unspecified atom stereocenters. The van der Waals surface area contributed by atoms with E-state index in [-0.39, 0.29) is 30.8 Å². The van der Waals surface area contributed by atoms with Gasteiger partial charge in [0.2, 0.25) is 10.0 Å². The Bertz CT molecular complexity index is 675. The van der Waals surface area contributed by atoms with Gasteiger partial charge in [0.1, 0.15) is 5.82 Å². The first-order valence-electron chi connectivity index (χ1n) is 6.42. The van der Waals surface area contributed by atoms with E-state index in [2.05, 4.69) is 0 Å². The number of hydrogen-bond acceptors (Lipinski definition) is 4. The van der Waals surface area contributed by atoms with Gasteiger partial charge in [0.25, 0.3) is 5.91 Å². The van der Waals surface area contributed by atoms with Gasteiger partial charge in [-0.1, -0.05) is 0 Å². The topological polar surface area (TPSA) is 104 Å². The molecule has 0 spiro atoms. The minimum atomic E-state index is -3.68. The third-order valence-corrected chi connectivity index (χ3v) is 3.36. The van der Waals surface area contributed by atoms with Crippen LogP contribution in [0.2, 0.25) is 0 Å². The average Bonchev–Trinajstić information content (AvgIpc) is 2.40. The molecule has 1 aromatic carbocycles. The van der Waals surface area contributed by atoms with Crippen LogP contribution in [0.5, 0.6) is 0 Å². The minimum absolute atomic E-state index is 0.0108. The third-order valence-electron chi connectivity index (χ3n) is 2.77. The van der Waals surface area contributed by atoms with E-state index in [1.807, 2.05) is 4.72 Å². The third kappa shape index (κ3) is 5.32. The van der Waals surface area contributed by atoms with Crippen molar-refractivity contribution < 1.29 is 27.5 Å². The molecule has 22 heavy (non-hydrogen) atoms. The number of amides is 1. The van der Waals surface area contributed by atoms with Crippen molar-refractivity contribution in [1.82, 2.24) is 4.90 Å². The van der Waals surface area contributed by atoms with Crippen LogP contribution >= 0.6 is 0 Å². The second-order valence-corrected chi connectivity index (χ2v) is 6.35. The predicted octanol–water partition coefficient (Wildman–Crippen LogP) is 1.13. The van der Waals surface area contributed by atoms with E-state index in [4.69, 9.17) is 5.11 Å². The van der Waals surface area contributed by atoms with Crippen LogP contribution in [0.15, 0.2) is 18.2 Å². The first-order valence-corrected chi connectivity index (χ1v) is 8.31. The van der Waals surface area contributed by atoms with E-state index in [1.54, 1.807) is 6.92 Å². The fourth-order valence-corrected chi connectivity index (χ4v) is 2.31. The molecule has 0 radical (unpaired) electrons. The lowest BCUT2D eigenvalue weighted by molar-refractivity contribution is -0.137. The number of hydrogen-bond donors (Lipinski definition) is 2. The highest BCUT2D eigenvalue weighted by molar-refractivity contribution is 7.92. The molecular formula is C13H17FN2O5S. The molecule has 9 heteroatoms. The Morgan fingerprint density at radius 2 is 2.00 bits per heavy atom. The van der Waals surface area contributed by atoms with Crippen molar-refractivity contribution in [2.45, 2.75) is 13.3 Å². The number of halogens is 1.